The number of fused-ring (bicyclic) bond motifs is 1. The molecule has 1 amide bonds. The molecule has 6 heteroatoms. The molecule has 0 saturated carbocycles. The van der Waals surface area contributed by atoms with Crippen molar-refractivity contribution in [1.29, 1.82) is 5.26 Å². The average Bonchev–Trinajstić information content (AvgIpc) is 2.52. The molecule has 3 rings (SSSR count). The first-order valence-electron chi connectivity index (χ1n) is 8.35. The van der Waals surface area contributed by atoms with Gasteiger partial charge in [-0.25, -0.2) is 4.79 Å². The Kier molecular flexibility index (Phi) is 4.49. The summed E-state index contributed by atoms with van der Waals surface area (Å²) in [5, 5.41) is 9.56. The summed E-state index contributed by atoms with van der Waals surface area (Å²) in [6.45, 7) is 6.43. The summed E-state index contributed by atoms with van der Waals surface area (Å²) < 4.78 is 11.3. The zero-order valence-corrected chi connectivity index (χ0v) is 14.5. The number of hydrogen-bond donors (Lipinski definition) is 0. The largest absolute Gasteiger partial charge is 0.480 e. The van der Waals surface area contributed by atoms with Crippen LogP contribution in [0.3, 0.4) is 0 Å². The van der Waals surface area contributed by atoms with Gasteiger partial charge < -0.3 is 14.1 Å². The number of likely N-dealkylation sites (tertiary alicyclic amines) is 1. The summed E-state index contributed by atoms with van der Waals surface area (Å²) in [5.74, 6) is 0.308. The van der Waals surface area contributed by atoms with E-state index in [4.69, 9.17) is 14.4 Å². The molecule has 1 aliphatic heterocycles. The molecule has 1 aromatic heterocycles. The molecule has 1 saturated heterocycles. The van der Waals surface area contributed by atoms with Gasteiger partial charge in [0.1, 0.15) is 11.3 Å². The SMILES string of the molecule is CCc1cc(=O)oc2cc(C)cc(OC(C)C(=O)N3CC(C#N)C3)c12. The summed E-state index contributed by atoms with van der Waals surface area (Å²) in [6.07, 6.45) is -0.0268. The molecule has 1 aromatic carbocycles. The second-order valence-electron chi connectivity index (χ2n) is 6.41. The molecular formula is C19H20N2O4. The van der Waals surface area contributed by atoms with Crippen molar-refractivity contribution in [1.82, 2.24) is 4.90 Å². The Hall–Kier alpha value is -2.81. The minimum absolute atomic E-state index is 0.0862. The van der Waals surface area contributed by atoms with Crippen LogP contribution < -0.4 is 10.4 Å². The van der Waals surface area contributed by atoms with E-state index in [1.165, 1.54) is 6.07 Å². The van der Waals surface area contributed by atoms with Crippen molar-refractivity contribution in [2.45, 2.75) is 33.3 Å². The van der Waals surface area contributed by atoms with Crippen molar-refractivity contribution in [3.63, 3.8) is 0 Å². The number of ether oxygens (including phenoxy) is 1. The second-order valence-corrected chi connectivity index (χ2v) is 6.41. The maximum Gasteiger partial charge on any atom is 0.336 e. The number of amides is 1. The standard InChI is InChI=1S/C19H20N2O4/c1-4-14-7-17(22)25-16-6-11(2)5-15(18(14)16)24-12(3)19(23)21-9-13(8-20)10-21/h5-7,12-13H,4,9-10H2,1-3H3. The molecule has 25 heavy (non-hydrogen) atoms. The van der Waals surface area contributed by atoms with Crippen molar-refractivity contribution in [3.8, 4) is 11.8 Å². The Labute approximate surface area is 145 Å². The van der Waals surface area contributed by atoms with E-state index in [1.54, 1.807) is 17.9 Å². The quantitative estimate of drug-likeness (QED) is 0.798. The predicted molar refractivity (Wildman–Crippen MR) is 92.4 cm³/mol. The molecule has 0 radical (unpaired) electrons. The Morgan fingerprint density at radius 1 is 1.44 bits per heavy atom. The van der Waals surface area contributed by atoms with Crippen LogP contribution in [-0.4, -0.2) is 30.0 Å². The first-order valence-corrected chi connectivity index (χ1v) is 8.35. The van der Waals surface area contributed by atoms with Gasteiger partial charge in [0.15, 0.2) is 6.10 Å². The van der Waals surface area contributed by atoms with E-state index in [2.05, 4.69) is 6.07 Å². The fraction of sp³-hybridized carbons (Fsp3) is 0.421. The van der Waals surface area contributed by atoms with Crippen LogP contribution in [0.1, 0.15) is 25.0 Å². The van der Waals surface area contributed by atoms with E-state index >= 15 is 0 Å². The van der Waals surface area contributed by atoms with E-state index in [9.17, 15) is 9.59 Å². The van der Waals surface area contributed by atoms with Crippen LogP contribution in [0.15, 0.2) is 27.4 Å². The van der Waals surface area contributed by atoms with Crippen LogP contribution in [-0.2, 0) is 11.2 Å². The lowest BCUT2D eigenvalue weighted by molar-refractivity contribution is -0.143. The van der Waals surface area contributed by atoms with Gasteiger partial charge in [-0.3, -0.25) is 4.79 Å². The number of carbonyl (C=O) groups is 1. The lowest BCUT2D eigenvalue weighted by Gasteiger charge is -2.36. The van der Waals surface area contributed by atoms with E-state index in [0.29, 0.717) is 30.8 Å². The first-order chi connectivity index (χ1) is 11.9. The first kappa shape index (κ1) is 17.0. The predicted octanol–water partition coefficient (Wildman–Crippen LogP) is 2.41. The summed E-state index contributed by atoms with van der Waals surface area (Å²) >= 11 is 0. The maximum absolute atomic E-state index is 12.4. The summed E-state index contributed by atoms with van der Waals surface area (Å²) in [7, 11) is 0. The summed E-state index contributed by atoms with van der Waals surface area (Å²) in [6, 6.07) is 7.25. The van der Waals surface area contributed by atoms with Crippen molar-refractivity contribution >= 4 is 16.9 Å². The van der Waals surface area contributed by atoms with E-state index in [-0.39, 0.29) is 11.8 Å². The number of carbonyl (C=O) groups excluding carboxylic acids is 1. The minimum atomic E-state index is -0.679. The van der Waals surface area contributed by atoms with Gasteiger partial charge in [-0.1, -0.05) is 6.92 Å². The highest BCUT2D eigenvalue weighted by molar-refractivity contribution is 5.88. The molecule has 2 aromatic rings. The minimum Gasteiger partial charge on any atom is -0.480 e. The Bertz CT molecular complexity index is 919. The lowest BCUT2D eigenvalue weighted by Crippen LogP contribution is -2.53. The third kappa shape index (κ3) is 3.22. The highest BCUT2D eigenvalue weighted by Gasteiger charge is 2.34. The van der Waals surface area contributed by atoms with Crippen molar-refractivity contribution in [3.05, 3.63) is 39.7 Å². The summed E-state index contributed by atoms with van der Waals surface area (Å²) in [5.41, 5.74) is 1.78. The van der Waals surface area contributed by atoms with Crippen molar-refractivity contribution < 1.29 is 13.9 Å². The second kappa shape index (κ2) is 6.60. The van der Waals surface area contributed by atoms with Crippen LogP contribution in [0.25, 0.3) is 11.0 Å². The Morgan fingerprint density at radius 2 is 2.16 bits per heavy atom. The number of nitrogens with zero attached hydrogens (tertiary/aromatic N) is 2. The normalized spacial score (nSPS) is 15.5. The van der Waals surface area contributed by atoms with Gasteiger partial charge in [0.25, 0.3) is 5.91 Å². The summed E-state index contributed by atoms with van der Waals surface area (Å²) in [4.78, 5) is 25.8. The third-order valence-electron chi connectivity index (χ3n) is 4.44. The topological polar surface area (TPSA) is 83.5 Å². The van der Waals surface area contributed by atoms with Crippen LogP contribution in [0.5, 0.6) is 5.75 Å². The average molecular weight is 340 g/mol. The molecule has 0 aliphatic carbocycles. The highest BCUT2D eigenvalue weighted by atomic mass is 16.5. The van der Waals surface area contributed by atoms with Gasteiger partial charge in [0.2, 0.25) is 0 Å². The van der Waals surface area contributed by atoms with Crippen LogP contribution >= 0.6 is 0 Å². The number of aryl methyl sites for hydroxylation is 2. The number of rotatable bonds is 4. The maximum atomic E-state index is 12.4. The molecule has 0 spiro atoms. The molecular weight excluding hydrogens is 320 g/mol. The van der Waals surface area contributed by atoms with Gasteiger partial charge >= 0.3 is 5.63 Å². The molecule has 1 atom stereocenters. The molecule has 130 valence electrons. The van der Waals surface area contributed by atoms with Gasteiger partial charge in [-0.05, 0) is 43.5 Å². The molecule has 0 bridgehead atoms. The fourth-order valence-electron chi connectivity index (χ4n) is 3.08. The molecule has 6 nitrogen and oxygen atoms in total. The third-order valence-corrected chi connectivity index (χ3v) is 4.44. The smallest absolute Gasteiger partial charge is 0.336 e. The van der Waals surface area contributed by atoms with Crippen LogP contribution in [0.4, 0.5) is 0 Å². The molecule has 1 aliphatic rings. The van der Waals surface area contributed by atoms with E-state index < -0.39 is 11.7 Å². The van der Waals surface area contributed by atoms with E-state index in [0.717, 1.165) is 16.5 Å². The van der Waals surface area contributed by atoms with Crippen LogP contribution in [0, 0.1) is 24.2 Å². The number of hydrogen-bond acceptors (Lipinski definition) is 5. The van der Waals surface area contributed by atoms with Gasteiger partial charge in [0.05, 0.1) is 17.4 Å². The number of benzene rings is 1. The van der Waals surface area contributed by atoms with Gasteiger partial charge in [-0.2, -0.15) is 5.26 Å². The zero-order chi connectivity index (χ0) is 18.1. The van der Waals surface area contributed by atoms with Gasteiger partial charge in [-0.15, -0.1) is 0 Å². The van der Waals surface area contributed by atoms with E-state index in [1.807, 2.05) is 19.9 Å². The zero-order valence-electron chi connectivity index (χ0n) is 14.5. The monoisotopic (exact) mass is 340 g/mol. The fourth-order valence-corrected chi connectivity index (χ4v) is 3.08. The van der Waals surface area contributed by atoms with Gasteiger partial charge in [0, 0.05) is 19.2 Å². The molecule has 2 heterocycles. The molecule has 1 unspecified atom stereocenters. The van der Waals surface area contributed by atoms with Crippen molar-refractivity contribution in [2.24, 2.45) is 5.92 Å². The molecule has 1 fully saturated rings. The lowest BCUT2D eigenvalue weighted by atomic mass is 10.0. The number of nitriles is 1. The highest BCUT2D eigenvalue weighted by Crippen LogP contribution is 2.31. The Balaban J connectivity index is 1.92. The van der Waals surface area contributed by atoms with Crippen molar-refractivity contribution in [2.75, 3.05) is 13.1 Å². The van der Waals surface area contributed by atoms with Crippen LogP contribution in [0.2, 0.25) is 0 Å². The molecule has 0 N–H and O–H groups in total. The Morgan fingerprint density at radius 3 is 2.80 bits per heavy atom.